The standard InChI is InChI=1S/C21H15/c1-2-8-16(7-1)19-13-20(17-9-3-4-10-17)15-21(14-19)18-11-5-6-12-18/h1-15H. The van der Waals surface area contributed by atoms with E-state index in [9.17, 15) is 0 Å². The molecule has 3 fully saturated rings. The normalized spacial score (nSPS) is 25.1. The van der Waals surface area contributed by atoms with E-state index in [1.807, 2.05) is 0 Å². The third-order valence-corrected chi connectivity index (χ3v) is 3.92. The lowest BCUT2D eigenvalue weighted by atomic mass is 9.85. The SMILES string of the molecule is [CH]1[CH][CH][C](c2cc([C]3[CH][CH][CH][CH]3)cc([C]3[CH][CH][CH][CH]3)c2)[CH]1. The van der Waals surface area contributed by atoms with Gasteiger partial charge in [-0.1, -0.05) is 18.2 Å². The summed E-state index contributed by atoms with van der Waals surface area (Å²) < 4.78 is 0. The van der Waals surface area contributed by atoms with Crippen molar-refractivity contribution in [3.8, 4) is 0 Å². The van der Waals surface area contributed by atoms with Gasteiger partial charge in [-0.25, -0.2) is 0 Å². The van der Waals surface area contributed by atoms with Gasteiger partial charge in [-0.15, -0.1) is 0 Å². The Labute approximate surface area is 130 Å². The first-order valence-electron chi connectivity index (χ1n) is 7.21. The minimum Gasteiger partial charge on any atom is -0.0546 e. The molecule has 0 amide bonds. The summed E-state index contributed by atoms with van der Waals surface area (Å²) in [6.45, 7) is 0. The predicted octanol–water partition coefficient (Wildman–Crippen LogP) is 3.95. The van der Waals surface area contributed by atoms with Gasteiger partial charge in [0, 0.05) is 17.8 Å². The van der Waals surface area contributed by atoms with E-state index in [-0.39, 0.29) is 0 Å². The lowest BCUT2D eigenvalue weighted by molar-refractivity contribution is 1.18. The zero-order valence-corrected chi connectivity index (χ0v) is 11.7. The lowest BCUT2D eigenvalue weighted by Gasteiger charge is -2.19. The van der Waals surface area contributed by atoms with Crippen molar-refractivity contribution in [2.75, 3.05) is 0 Å². The van der Waals surface area contributed by atoms with Crippen molar-refractivity contribution in [2.45, 2.75) is 0 Å². The Balaban J connectivity index is 1.67. The summed E-state index contributed by atoms with van der Waals surface area (Å²) >= 11 is 0. The molecular weight excluding hydrogens is 252 g/mol. The minimum absolute atomic E-state index is 1.27. The summed E-state index contributed by atoms with van der Waals surface area (Å²) in [7, 11) is 0. The molecule has 0 heteroatoms. The van der Waals surface area contributed by atoms with E-state index in [4.69, 9.17) is 0 Å². The Morgan fingerprint density at radius 1 is 0.333 bits per heavy atom. The molecule has 15 radical (unpaired) electrons. The van der Waals surface area contributed by atoms with E-state index in [0.29, 0.717) is 0 Å². The van der Waals surface area contributed by atoms with Gasteiger partial charge in [0.25, 0.3) is 0 Å². The summed E-state index contributed by atoms with van der Waals surface area (Å²) in [5, 5.41) is 0. The van der Waals surface area contributed by atoms with Crippen molar-refractivity contribution in [1.29, 1.82) is 0 Å². The first kappa shape index (κ1) is 13.9. The van der Waals surface area contributed by atoms with Gasteiger partial charge in [0.1, 0.15) is 0 Å². The van der Waals surface area contributed by atoms with Crippen molar-refractivity contribution in [1.82, 2.24) is 0 Å². The Morgan fingerprint density at radius 3 is 0.810 bits per heavy atom. The lowest BCUT2D eigenvalue weighted by Crippen LogP contribution is -2.05. The van der Waals surface area contributed by atoms with Gasteiger partial charge in [0.05, 0.1) is 0 Å². The third kappa shape index (κ3) is 2.91. The zero-order chi connectivity index (χ0) is 14.1. The van der Waals surface area contributed by atoms with Crippen LogP contribution in [0.1, 0.15) is 16.7 Å². The van der Waals surface area contributed by atoms with Gasteiger partial charge < -0.3 is 0 Å². The van der Waals surface area contributed by atoms with Crippen LogP contribution < -0.4 is 0 Å². The monoisotopic (exact) mass is 267 g/mol. The van der Waals surface area contributed by atoms with Crippen LogP contribution in [-0.4, -0.2) is 0 Å². The molecule has 0 saturated heterocycles. The maximum absolute atomic E-state index is 2.27. The van der Waals surface area contributed by atoms with Crippen LogP contribution in [0.15, 0.2) is 18.2 Å². The number of hydrogen-bond donors (Lipinski definition) is 0. The second-order valence-electron chi connectivity index (χ2n) is 5.32. The number of benzene rings is 1. The Hall–Kier alpha value is -0.780. The molecule has 0 N–H and O–H groups in total. The Kier molecular flexibility index (Phi) is 4.05. The van der Waals surface area contributed by atoms with E-state index in [0.717, 1.165) is 0 Å². The molecule has 0 unspecified atom stereocenters. The molecule has 3 aliphatic rings. The van der Waals surface area contributed by atoms with Crippen molar-refractivity contribution >= 4 is 0 Å². The van der Waals surface area contributed by atoms with Gasteiger partial charge in [-0.05, 0) is 93.7 Å². The van der Waals surface area contributed by atoms with Gasteiger partial charge in [-0.2, -0.15) is 0 Å². The molecule has 3 aliphatic carbocycles. The van der Waals surface area contributed by atoms with E-state index in [2.05, 4.69) is 95.2 Å². The predicted molar refractivity (Wildman–Crippen MR) is 85.1 cm³/mol. The molecule has 0 aromatic heterocycles. The molecule has 0 spiro atoms. The highest BCUT2D eigenvalue weighted by molar-refractivity contribution is 5.61. The molecule has 1 aromatic rings. The van der Waals surface area contributed by atoms with E-state index < -0.39 is 0 Å². The fourth-order valence-corrected chi connectivity index (χ4v) is 2.83. The van der Waals surface area contributed by atoms with Crippen LogP contribution in [0.2, 0.25) is 0 Å². The zero-order valence-electron chi connectivity index (χ0n) is 11.7. The number of rotatable bonds is 3. The Bertz CT molecular complexity index is 385. The second kappa shape index (κ2) is 6.15. The van der Waals surface area contributed by atoms with Gasteiger partial charge in [-0.3, -0.25) is 0 Å². The molecule has 21 heavy (non-hydrogen) atoms. The quantitative estimate of drug-likeness (QED) is 0.778. The molecule has 0 nitrogen and oxygen atoms in total. The van der Waals surface area contributed by atoms with Crippen LogP contribution in [0.4, 0.5) is 0 Å². The fourth-order valence-electron chi connectivity index (χ4n) is 2.83. The maximum Gasteiger partial charge on any atom is 0.0124 e. The molecule has 3 saturated carbocycles. The summed E-state index contributed by atoms with van der Waals surface area (Å²) in [5.41, 5.74) is 3.82. The second-order valence-corrected chi connectivity index (χ2v) is 5.32. The topological polar surface area (TPSA) is 0 Å². The molecule has 99 valence electrons. The number of hydrogen-bond acceptors (Lipinski definition) is 0. The van der Waals surface area contributed by atoms with Crippen LogP contribution in [0.25, 0.3) is 0 Å². The smallest absolute Gasteiger partial charge is 0.0124 e. The average Bonchev–Trinajstić information content (AvgIpc) is 3.29. The van der Waals surface area contributed by atoms with Crippen molar-refractivity contribution in [2.24, 2.45) is 0 Å². The minimum atomic E-state index is 1.27. The summed E-state index contributed by atoms with van der Waals surface area (Å²) in [6, 6.07) is 6.82. The average molecular weight is 267 g/mol. The molecular formula is C21H15. The van der Waals surface area contributed by atoms with E-state index >= 15 is 0 Å². The molecule has 0 heterocycles. The van der Waals surface area contributed by atoms with Gasteiger partial charge in [0.15, 0.2) is 0 Å². The van der Waals surface area contributed by atoms with Crippen LogP contribution in [0, 0.1) is 94.8 Å². The first-order valence-corrected chi connectivity index (χ1v) is 7.21. The fraction of sp³-hybridized carbons (Fsp3) is 0. The van der Waals surface area contributed by atoms with Gasteiger partial charge in [0.2, 0.25) is 0 Å². The van der Waals surface area contributed by atoms with Crippen molar-refractivity contribution in [3.63, 3.8) is 0 Å². The third-order valence-electron chi connectivity index (χ3n) is 3.92. The first-order chi connectivity index (χ1) is 10.4. The summed E-state index contributed by atoms with van der Waals surface area (Å²) in [5.74, 6) is 3.82. The van der Waals surface area contributed by atoms with Crippen molar-refractivity contribution < 1.29 is 0 Å². The van der Waals surface area contributed by atoms with E-state index in [1.165, 1.54) is 34.4 Å². The molecule has 0 atom stereocenters. The summed E-state index contributed by atoms with van der Waals surface area (Å²) in [4.78, 5) is 0. The molecule has 4 rings (SSSR count). The largest absolute Gasteiger partial charge is 0.0546 e. The van der Waals surface area contributed by atoms with Crippen LogP contribution in [-0.2, 0) is 0 Å². The highest BCUT2D eigenvalue weighted by atomic mass is 14.3. The van der Waals surface area contributed by atoms with Crippen LogP contribution >= 0.6 is 0 Å². The molecule has 1 aromatic carbocycles. The van der Waals surface area contributed by atoms with Crippen LogP contribution in [0.3, 0.4) is 0 Å². The van der Waals surface area contributed by atoms with Crippen LogP contribution in [0.5, 0.6) is 0 Å². The maximum atomic E-state index is 2.27. The highest BCUT2D eigenvalue weighted by Gasteiger charge is 2.26. The summed E-state index contributed by atoms with van der Waals surface area (Å²) in [6.07, 6.45) is 25.5. The Morgan fingerprint density at radius 2 is 0.571 bits per heavy atom. The van der Waals surface area contributed by atoms with Gasteiger partial charge >= 0.3 is 0 Å². The van der Waals surface area contributed by atoms with E-state index in [1.54, 1.807) is 0 Å². The molecule has 0 bridgehead atoms. The molecule has 0 aliphatic heterocycles. The van der Waals surface area contributed by atoms with Crippen molar-refractivity contribution in [3.05, 3.63) is 130 Å². The highest BCUT2D eigenvalue weighted by Crippen LogP contribution is 2.39.